The van der Waals surface area contributed by atoms with Crippen molar-refractivity contribution in [2.24, 2.45) is 11.8 Å². The molecule has 5 aromatic rings. The van der Waals surface area contributed by atoms with E-state index in [2.05, 4.69) is 120 Å². The summed E-state index contributed by atoms with van der Waals surface area (Å²) in [6, 6.07) is 26.5. The van der Waals surface area contributed by atoms with Crippen molar-refractivity contribution in [3.05, 3.63) is 95.9 Å². The molecule has 0 aliphatic rings. The monoisotopic (exact) mass is 927 g/mol. The van der Waals surface area contributed by atoms with Crippen LogP contribution in [0.1, 0.15) is 84.3 Å². The number of carbonyl (C=O) groups is 1. The number of aromatic nitrogens is 1. The van der Waals surface area contributed by atoms with Crippen molar-refractivity contribution in [2.45, 2.75) is 113 Å². The summed E-state index contributed by atoms with van der Waals surface area (Å²) in [5.74, 6) is 0.986. The number of hydrogen-bond donors (Lipinski definition) is 1. The van der Waals surface area contributed by atoms with E-state index >= 15 is 0 Å². The minimum Gasteiger partial charge on any atom is -0.512 e. The molecule has 0 aliphatic heterocycles. The van der Waals surface area contributed by atoms with Crippen LogP contribution >= 0.6 is 11.3 Å². The molecule has 0 amide bonds. The van der Waals surface area contributed by atoms with Crippen molar-refractivity contribution in [1.82, 2.24) is 4.98 Å². The number of aliphatic hydroxyl groups is 1. The molecule has 52 heavy (non-hydrogen) atoms. The van der Waals surface area contributed by atoms with Crippen molar-refractivity contribution < 1.29 is 30.0 Å². The van der Waals surface area contributed by atoms with Crippen molar-refractivity contribution in [1.29, 1.82) is 0 Å². The molecule has 1 N–H and O–H groups in total. The number of carbonyl (C=O) groups excluding carboxylic acids is 1. The van der Waals surface area contributed by atoms with Gasteiger partial charge in [0, 0.05) is 54.6 Å². The topological polar surface area (TPSA) is 50.2 Å². The molecule has 2 heterocycles. The zero-order valence-corrected chi connectivity index (χ0v) is 38.7. The van der Waals surface area contributed by atoms with Gasteiger partial charge in [0.15, 0.2) is 5.78 Å². The number of thiophene rings is 1. The van der Waals surface area contributed by atoms with Crippen molar-refractivity contribution in [3.8, 4) is 11.3 Å². The van der Waals surface area contributed by atoms with Crippen LogP contribution in [0.3, 0.4) is 0 Å². The van der Waals surface area contributed by atoms with Crippen LogP contribution in [0.25, 0.3) is 32.1 Å². The van der Waals surface area contributed by atoms with Gasteiger partial charge in [0.25, 0.3) is 0 Å². The van der Waals surface area contributed by atoms with Gasteiger partial charge in [-0.1, -0.05) is 138 Å². The summed E-state index contributed by atoms with van der Waals surface area (Å²) in [5, 5.41) is 16.6. The van der Waals surface area contributed by atoms with Crippen LogP contribution in [-0.4, -0.2) is 32.0 Å². The molecule has 1 radical (unpaired) electrons. The van der Waals surface area contributed by atoms with Crippen LogP contribution in [0.4, 0.5) is 0 Å². The van der Waals surface area contributed by atoms with Crippen LogP contribution < -0.4 is 14.9 Å². The first kappa shape index (κ1) is 43.7. The summed E-state index contributed by atoms with van der Waals surface area (Å²) in [6.07, 6.45) is 6.89. The average molecular weight is 927 g/mol. The second-order valence-electron chi connectivity index (χ2n) is 15.9. The minimum atomic E-state index is -1.87. The Balaban J connectivity index is 0.000000389. The third-order valence-electron chi connectivity index (χ3n) is 10.7. The fourth-order valence-electron chi connectivity index (χ4n) is 7.10. The summed E-state index contributed by atoms with van der Waals surface area (Å²) in [7, 11) is -3.17. The molecule has 7 heteroatoms. The Hall–Kier alpha value is -2.68. The molecule has 5 rings (SSSR count). The van der Waals surface area contributed by atoms with E-state index in [9.17, 15) is 9.90 Å². The van der Waals surface area contributed by atoms with Crippen LogP contribution in [0.15, 0.2) is 78.7 Å². The smallest absolute Gasteiger partial charge is 0.162 e. The number of aliphatic hydroxyl groups excluding tert-OH is 1. The van der Waals surface area contributed by atoms with E-state index in [0.29, 0.717) is 5.92 Å². The zero-order chi connectivity index (χ0) is 37.7. The van der Waals surface area contributed by atoms with E-state index in [1.165, 1.54) is 48.4 Å². The molecule has 0 fully saturated rings. The molecule has 2 aromatic heterocycles. The number of nitrogens with zero attached hydrogens (tertiary/aromatic N) is 1. The maximum atomic E-state index is 11.7. The molecule has 0 aliphatic carbocycles. The van der Waals surface area contributed by atoms with Crippen molar-refractivity contribution in [2.75, 3.05) is 0 Å². The van der Waals surface area contributed by atoms with Crippen LogP contribution in [0, 0.1) is 24.8 Å². The summed E-state index contributed by atoms with van der Waals surface area (Å²) < 4.78 is 2.85. The van der Waals surface area contributed by atoms with Gasteiger partial charge >= 0.3 is 0 Å². The van der Waals surface area contributed by atoms with Gasteiger partial charge < -0.3 is 5.11 Å². The Morgan fingerprint density at radius 3 is 1.98 bits per heavy atom. The van der Waals surface area contributed by atoms with Gasteiger partial charge in [-0.15, -0.1) is 29.1 Å². The van der Waals surface area contributed by atoms with E-state index < -0.39 is 16.1 Å². The van der Waals surface area contributed by atoms with Gasteiger partial charge in [0.1, 0.15) is 8.07 Å². The fourth-order valence-corrected chi connectivity index (χ4v) is 13.3. The van der Waals surface area contributed by atoms with Crippen LogP contribution in [-0.2, 0) is 24.9 Å². The van der Waals surface area contributed by atoms with Gasteiger partial charge in [0.05, 0.1) is 13.8 Å². The molecule has 281 valence electrons. The molecule has 0 saturated carbocycles. The van der Waals surface area contributed by atoms with E-state index in [0.717, 1.165) is 36.9 Å². The van der Waals surface area contributed by atoms with E-state index in [1.54, 1.807) is 4.50 Å². The summed E-state index contributed by atoms with van der Waals surface area (Å²) >= 11 is 1.96. The Bertz CT molecular complexity index is 1980. The maximum Gasteiger partial charge on any atom is 0.162 e. The molecule has 0 bridgehead atoms. The van der Waals surface area contributed by atoms with Crippen LogP contribution in [0.2, 0.25) is 32.7 Å². The molecular formula is C45H60IrNO2SSi2-. The molecule has 0 unspecified atom stereocenters. The number of ketones is 1. The maximum absolute atomic E-state index is 11.7. The third kappa shape index (κ3) is 9.70. The first-order valence-electron chi connectivity index (χ1n) is 19.0. The predicted molar refractivity (Wildman–Crippen MR) is 230 cm³/mol. The third-order valence-corrected chi connectivity index (χ3v) is 19.0. The second kappa shape index (κ2) is 18.6. The van der Waals surface area contributed by atoms with E-state index in [4.69, 9.17) is 4.98 Å². The first-order valence-corrected chi connectivity index (χ1v) is 26.3. The average Bonchev–Trinajstić information content (AvgIpc) is 3.45. The summed E-state index contributed by atoms with van der Waals surface area (Å²) in [5.41, 5.74) is 4.96. The number of hydrogen-bond acceptors (Lipinski definition) is 4. The van der Waals surface area contributed by atoms with E-state index in [1.807, 2.05) is 45.2 Å². The summed E-state index contributed by atoms with van der Waals surface area (Å²) in [6.45, 7) is 27.2. The first-order chi connectivity index (χ1) is 24.1. The molecule has 0 atom stereocenters. The normalized spacial score (nSPS) is 12.4. The SMILES string of the molecule is CCC(CC)C(=O)/C=C(\O)C(CC)CC.Cc1c([Si](C)(C)c2ccc([Si](C)(C)C)cc2)sc2c(-c3[c-]c4ccccc4c(C(C)C)c3)nccc12.[Ir]. The van der Waals surface area contributed by atoms with Crippen molar-refractivity contribution >= 4 is 69.0 Å². The van der Waals surface area contributed by atoms with Crippen LogP contribution in [0.5, 0.6) is 0 Å². The minimum absolute atomic E-state index is 0. The number of fused-ring (bicyclic) bond motifs is 2. The number of pyridine rings is 1. The van der Waals surface area contributed by atoms with Gasteiger partial charge in [0.2, 0.25) is 0 Å². The Morgan fingerprint density at radius 2 is 1.42 bits per heavy atom. The number of benzene rings is 3. The predicted octanol–water partition coefficient (Wildman–Crippen LogP) is 11.6. The summed E-state index contributed by atoms with van der Waals surface area (Å²) in [4.78, 5) is 16.6. The Morgan fingerprint density at radius 1 is 0.846 bits per heavy atom. The standard InChI is InChI=1S/C32H36NSSi2.C13H24O2.Ir/c1-21(2)29-20-24(19-23-11-9-10-12-28(23)29)30-31-27(17-18-33-30)22(3)32(34-31)36(7,8)26-15-13-25(14-16-26)35(4,5)6;1-5-10(6-2)12(14)9-13(15)11(7-3)8-4;/h9-18,20-21H,1-8H3;9-11,14H,5-8H2,1-4H3;/q-1;;/b;12-9-;. The number of rotatable bonds is 12. The number of allylic oxidation sites excluding steroid dienone is 2. The van der Waals surface area contributed by atoms with E-state index in [-0.39, 0.29) is 43.5 Å². The van der Waals surface area contributed by atoms with Gasteiger partial charge in [-0.25, -0.2) is 0 Å². The van der Waals surface area contributed by atoms with Gasteiger partial charge in [-0.3, -0.25) is 9.78 Å². The second-order valence-corrected chi connectivity index (χ2v) is 26.7. The molecular weight excluding hydrogens is 867 g/mol. The van der Waals surface area contributed by atoms with Gasteiger partial charge in [-0.2, -0.15) is 11.3 Å². The molecule has 3 aromatic carbocycles. The molecule has 3 nitrogen and oxygen atoms in total. The number of aryl methyl sites for hydroxylation is 1. The fraction of sp³-hybridized carbons (Fsp3) is 0.422. The Labute approximate surface area is 333 Å². The zero-order valence-electron chi connectivity index (χ0n) is 33.5. The van der Waals surface area contributed by atoms with Gasteiger partial charge in [-0.05, 0) is 60.0 Å². The largest absolute Gasteiger partial charge is 0.512 e. The molecule has 0 saturated heterocycles. The van der Waals surface area contributed by atoms with Crippen molar-refractivity contribution in [3.63, 3.8) is 0 Å². The quantitative estimate of drug-likeness (QED) is 0.0587. The Kier molecular flexibility index (Phi) is 15.6. The molecule has 0 spiro atoms.